The fourth-order valence-corrected chi connectivity index (χ4v) is 6.95. The maximum atomic E-state index is 13.2. The molecule has 0 bridgehead atoms. The van der Waals surface area contributed by atoms with Crippen LogP contribution < -0.4 is 0 Å². The van der Waals surface area contributed by atoms with Gasteiger partial charge in [-0.05, 0) is 89.8 Å². The van der Waals surface area contributed by atoms with E-state index in [4.69, 9.17) is 11.7 Å². The Hall–Kier alpha value is -4.59. The van der Waals surface area contributed by atoms with Gasteiger partial charge in [-0.25, -0.2) is 6.57 Å². The van der Waals surface area contributed by atoms with Gasteiger partial charge in [0.15, 0.2) is 5.82 Å². The van der Waals surface area contributed by atoms with Gasteiger partial charge in [-0.2, -0.15) is 4.80 Å². The number of tetrazole rings is 1. The molecular weight excluding hydrogens is 568 g/mol. The third-order valence-electron chi connectivity index (χ3n) is 9.19. The molecular formula is C34H42N8O3. The van der Waals surface area contributed by atoms with Crippen LogP contribution >= 0.6 is 0 Å². The zero-order chi connectivity index (χ0) is 32.5. The van der Waals surface area contributed by atoms with Crippen LogP contribution in [0.2, 0.25) is 0 Å². The molecule has 11 nitrogen and oxygen atoms in total. The highest BCUT2D eigenvalue weighted by atomic mass is 16.2. The van der Waals surface area contributed by atoms with Crippen LogP contribution in [0.3, 0.4) is 0 Å². The molecule has 2 heterocycles. The predicted octanol–water partition coefficient (Wildman–Crippen LogP) is 3.72. The average molecular weight is 611 g/mol. The van der Waals surface area contributed by atoms with Gasteiger partial charge in [0.05, 0.1) is 12.5 Å². The van der Waals surface area contributed by atoms with Crippen LogP contribution in [0.15, 0.2) is 36.4 Å². The molecule has 45 heavy (non-hydrogen) atoms. The Kier molecular flexibility index (Phi) is 9.05. The number of hydrogen-bond acceptors (Lipinski definition) is 6. The Balaban J connectivity index is 1.63. The molecule has 1 aliphatic heterocycles. The molecule has 1 aromatic heterocycles. The Morgan fingerprint density at radius 1 is 1.00 bits per heavy atom. The number of nitrogens with zero attached hydrogens (tertiary/aromatic N) is 8. The molecule has 3 amide bonds. The number of rotatable bonds is 8. The molecule has 2 aliphatic rings. The van der Waals surface area contributed by atoms with Gasteiger partial charge in [-0.15, -0.1) is 10.2 Å². The first kappa shape index (κ1) is 31.8. The quantitative estimate of drug-likeness (QED) is 0.360. The van der Waals surface area contributed by atoms with E-state index in [9.17, 15) is 14.4 Å². The second-order valence-corrected chi connectivity index (χ2v) is 12.8. The fraction of sp³-hybridized carbons (Fsp3) is 0.500. The van der Waals surface area contributed by atoms with Gasteiger partial charge in [0.1, 0.15) is 0 Å². The Labute approximate surface area is 265 Å². The van der Waals surface area contributed by atoms with Crippen LogP contribution in [-0.2, 0) is 30.1 Å². The molecule has 1 saturated heterocycles. The molecule has 0 radical (unpaired) electrons. The lowest BCUT2D eigenvalue weighted by Gasteiger charge is -2.36. The minimum atomic E-state index is -0.843. The number of hydrogen-bond donors (Lipinski definition) is 0. The monoisotopic (exact) mass is 610 g/mol. The van der Waals surface area contributed by atoms with Gasteiger partial charge >= 0.3 is 6.17 Å². The number of carbonyl (C=O) groups excluding carboxylic acids is 3. The maximum absolute atomic E-state index is 13.2. The van der Waals surface area contributed by atoms with Crippen molar-refractivity contribution < 1.29 is 14.4 Å². The molecule has 5 rings (SSSR count). The summed E-state index contributed by atoms with van der Waals surface area (Å²) in [4.78, 5) is 49.2. The highest BCUT2D eigenvalue weighted by molar-refractivity contribution is 5.95. The molecule has 2 aromatic carbocycles. The summed E-state index contributed by atoms with van der Waals surface area (Å²) in [5, 5.41) is 13.6. The number of fused-ring (bicyclic) bond motifs is 2. The van der Waals surface area contributed by atoms with Gasteiger partial charge in [-0.3, -0.25) is 24.1 Å². The maximum Gasteiger partial charge on any atom is 0.300 e. The summed E-state index contributed by atoms with van der Waals surface area (Å²) in [5.41, 5.74) is 4.41. The Morgan fingerprint density at radius 3 is 2.07 bits per heavy atom. The van der Waals surface area contributed by atoms with E-state index in [1.165, 1.54) is 4.80 Å². The van der Waals surface area contributed by atoms with Crippen molar-refractivity contribution >= 4 is 17.7 Å². The van der Waals surface area contributed by atoms with E-state index in [1.807, 2.05) is 36.4 Å². The molecule has 0 spiro atoms. The van der Waals surface area contributed by atoms with Crippen LogP contribution in [0, 0.1) is 12.5 Å². The largest absolute Gasteiger partial charge is 0.345 e. The highest BCUT2D eigenvalue weighted by Crippen LogP contribution is 2.48. The average Bonchev–Trinajstić information content (AvgIpc) is 3.67. The second-order valence-electron chi connectivity index (χ2n) is 12.8. The van der Waals surface area contributed by atoms with Crippen molar-refractivity contribution in [3.8, 4) is 0 Å². The first-order valence-corrected chi connectivity index (χ1v) is 15.6. The smallest absolute Gasteiger partial charge is 0.300 e. The minimum absolute atomic E-state index is 0.0207. The number of likely N-dealkylation sites (tertiary alicyclic amines) is 1. The Morgan fingerprint density at radius 2 is 1.58 bits per heavy atom. The summed E-state index contributed by atoms with van der Waals surface area (Å²) in [6, 6.07) is 11.7. The summed E-state index contributed by atoms with van der Waals surface area (Å²) in [6.07, 6.45) is 4.12. The molecule has 0 unspecified atom stereocenters. The number of benzene rings is 2. The summed E-state index contributed by atoms with van der Waals surface area (Å²) in [6.45, 7) is 10.3. The van der Waals surface area contributed by atoms with Crippen molar-refractivity contribution in [3.63, 3.8) is 0 Å². The lowest BCUT2D eigenvalue weighted by Crippen LogP contribution is -2.36. The van der Waals surface area contributed by atoms with Gasteiger partial charge in [0, 0.05) is 58.7 Å². The molecule has 0 saturated carbocycles. The van der Waals surface area contributed by atoms with Gasteiger partial charge < -0.3 is 9.80 Å². The zero-order valence-corrected chi connectivity index (χ0v) is 27.1. The topological polar surface area (TPSA) is 109 Å². The van der Waals surface area contributed by atoms with E-state index in [1.54, 1.807) is 49.9 Å². The third kappa shape index (κ3) is 6.06. The molecule has 236 valence electrons. The minimum Gasteiger partial charge on any atom is -0.345 e. The van der Waals surface area contributed by atoms with E-state index in [2.05, 4.69) is 22.1 Å². The molecule has 0 N–H and O–H groups in total. The van der Waals surface area contributed by atoms with E-state index in [-0.39, 0.29) is 29.8 Å². The van der Waals surface area contributed by atoms with Crippen molar-refractivity contribution in [1.82, 2.24) is 34.9 Å². The van der Waals surface area contributed by atoms with Crippen LogP contribution in [0.4, 0.5) is 0 Å². The number of carbonyl (C=O) groups is 3. The van der Waals surface area contributed by atoms with Crippen molar-refractivity contribution in [2.75, 3.05) is 34.7 Å². The molecule has 1 aliphatic carbocycles. The van der Waals surface area contributed by atoms with Crippen LogP contribution in [0.25, 0.3) is 4.85 Å². The van der Waals surface area contributed by atoms with Crippen molar-refractivity contribution in [3.05, 3.63) is 87.0 Å². The standard InChI is InChI=1S/C34H42N8O3/c1-22(10-17-30(43)42-18-8-9-29(42)35-2)21-34(33-36-38-41(7)37-33)27-15-13-25(31(44)39(3)4)19-23(27)11-12-24-20-26(14-16-28(24)34)32(45)40(5)6/h13-16,19-20,22,29H,8-12,17-18,21H2,1,3-7H3/t22-,29+/m1/s1. The van der Waals surface area contributed by atoms with Crippen LogP contribution in [-0.4, -0.2) is 93.5 Å². The first-order chi connectivity index (χ1) is 21.5. The predicted molar refractivity (Wildman–Crippen MR) is 169 cm³/mol. The molecule has 11 heteroatoms. The third-order valence-corrected chi connectivity index (χ3v) is 9.19. The molecule has 2 atom stereocenters. The lowest BCUT2D eigenvalue weighted by molar-refractivity contribution is -0.131. The lowest BCUT2D eigenvalue weighted by atomic mass is 9.66. The van der Waals surface area contributed by atoms with Crippen molar-refractivity contribution in [2.24, 2.45) is 13.0 Å². The first-order valence-electron chi connectivity index (χ1n) is 15.6. The SMILES string of the molecule is [C-]#[N+][C@@H]1CCCN1C(=O)CC[C@@H](C)CC1(c2nnn(C)n2)c2ccc(C(=O)N(C)C)cc2CCc2cc(C(=O)N(C)C)ccc21. The van der Waals surface area contributed by atoms with E-state index in [0.29, 0.717) is 55.6 Å². The van der Waals surface area contributed by atoms with Crippen LogP contribution in [0.1, 0.15) is 87.8 Å². The van der Waals surface area contributed by atoms with Crippen LogP contribution in [0.5, 0.6) is 0 Å². The molecule has 1 fully saturated rings. The van der Waals surface area contributed by atoms with Gasteiger partial charge in [0.25, 0.3) is 11.8 Å². The fourth-order valence-electron chi connectivity index (χ4n) is 6.95. The van der Waals surface area contributed by atoms with Gasteiger partial charge in [-0.1, -0.05) is 19.1 Å². The van der Waals surface area contributed by atoms with E-state index >= 15 is 0 Å². The van der Waals surface area contributed by atoms with Crippen molar-refractivity contribution in [1.29, 1.82) is 0 Å². The van der Waals surface area contributed by atoms with E-state index < -0.39 is 5.41 Å². The second kappa shape index (κ2) is 12.8. The van der Waals surface area contributed by atoms with Crippen molar-refractivity contribution in [2.45, 2.75) is 63.5 Å². The Bertz CT molecular complexity index is 1580. The highest BCUT2D eigenvalue weighted by Gasteiger charge is 2.46. The summed E-state index contributed by atoms with van der Waals surface area (Å²) in [7, 11) is 8.71. The summed E-state index contributed by atoms with van der Waals surface area (Å²) >= 11 is 0. The van der Waals surface area contributed by atoms with Gasteiger partial charge in [0.2, 0.25) is 5.91 Å². The number of amides is 3. The molecule has 3 aromatic rings. The normalized spacial score (nSPS) is 17.4. The van der Waals surface area contributed by atoms with E-state index in [0.717, 1.165) is 35.1 Å². The summed E-state index contributed by atoms with van der Waals surface area (Å²) in [5.74, 6) is 0.462. The zero-order valence-electron chi connectivity index (χ0n) is 27.1. The summed E-state index contributed by atoms with van der Waals surface area (Å²) < 4.78 is 0. The number of aromatic nitrogens is 4. The number of aryl methyl sites for hydroxylation is 3.